The third-order valence-electron chi connectivity index (χ3n) is 1.62. The summed E-state index contributed by atoms with van der Waals surface area (Å²) in [6, 6.07) is 0. The number of hydrogen-bond donors (Lipinski definition) is 0. The van der Waals surface area contributed by atoms with Crippen LogP contribution in [-0.2, 0) is 20.9 Å². The van der Waals surface area contributed by atoms with Crippen LogP contribution in [0.2, 0.25) is 0 Å². The summed E-state index contributed by atoms with van der Waals surface area (Å²) in [6.07, 6.45) is 6.88. The number of rotatable bonds is 2. The van der Waals surface area contributed by atoms with E-state index >= 15 is 0 Å². The molecular formula is C23H48FO2PS. The molecule has 0 bridgehead atoms. The summed E-state index contributed by atoms with van der Waals surface area (Å²) in [7, 11) is 1.09. The lowest BCUT2D eigenvalue weighted by Crippen LogP contribution is -1.78. The summed E-state index contributed by atoms with van der Waals surface area (Å²) >= 11 is 4.32. The Bertz CT molecular complexity index is 1380. The summed E-state index contributed by atoms with van der Waals surface area (Å²) in [5, 5.41) is 0. The van der Waals surface area contributed by atoms with Crippen LogP contribution in [0.4, 0.5) is 4.20 Å². The lowest BCUT2D eigenvalue weighted by molar-refractivity contribution is 0.340. The van der Waals surface area contributed by atoms with Crippen molar-refractivity contribution in [3.63, 3.8) is 0 Å². The van der Waals surface area contributed by atoms with Crippen LogP contribution in [-0.4, -0.2) is 7.11 Å². The molecule has 1 unspecified atom stereocenters. The van der Waals surface area contributed by atoms with E-state index in [0.29, 0.717) is 0 Å². The van der Waals surface area contributed by atoms with Gasteiger partial charge in [0.05, 0.1) is 0 Å². The largest absolute Gasteiger partial charge is 0.427 e. The molecule has 5 heteroatoms. The van der Waals surface area contributed by atoms with Gasteiger partial charge in [-0.3, -0.25) is 4.52 Å². The van der Waals surface area contributed by atoms with E-state index in [9.17, 15) is 4.20 Å². The van der Waals surface area contributed by atoms with E-state index in [2.05, 4.69) is 139 Å². The summed E-state index contributed by atoms with van der Waals surface area (Å²) in [4.78, 5) is 0. The zero-order valence-electron chi connectivity index (χ0n) is 14.1. The van der Waals surface area contributed by atoms with Crippen molar-refractivity contribution in [1.29, 1.82) is 0 Å². The standard InChI is InChI=1S/C23H4FO2PS.22H2/c1-3-4-5-6-7-8-9-10-11-12-13-14-15-16-17-18-19-20-21-22-23-26-27(24,28)25-2;;;;;;;;;;;;;;;;;;;;;;/h1H,2H3;22*1H. The van der Waals surface area contributed by atoms with Gasteiger partial charge in [-0.1, -0.05) is 0 Å². The number of halogens is 1. The molecule has 0 radical (unpaired) electrons. The van der Waals surface area contributed by atoms with Gasteiger partial charge in [0.15, 0.2) is 0 Å². The van der Waals surface area contributed by atoms with E-state index in [4.69, 9.17) is 6.42 Å². The van der Waals surface area contributed by atoms with Gasteiger partial charge in [0.1, 0.15) is 6.11 Å². The third-order valence-corrected chi connectivity index (χ3v) is 3.04. The van der Waals surface area contributed by atoms with E-state index in [1.807, 2.05) is 6.11 Å². The molecule has 0 aromatic rings. The first-order valence-electron chi connectivity index (χ1n) is 6.62. The molecule has 28 heavy (non-hydrogen) atoms. The normalized spacial score (nSPS) is 7.46. The van der Waals surface area contributed by atoms with Crippen LogP contribution in [0.3, 0.4) is 0 Å². The van der Waals surface area contributed by atoms with Gasteiger partial charge in [-0.05, 0) is 47.4 Å². The highest BCUT2D eigenvalue weighted by molar-refractivity contribution is 8.07. The topological polar surface area (TPSA) is 18.5 Å². The van der Waals surface area contributed by atoms with Crippen LogP contribution in [0.5, 0.6) is 0 Å². The van der Waals surface area contributed by atoms with Gasteiger partial charge in [0.2, 0.25) is 0 Å². The van der Waals surface area contributed by atoms with Crippen molar-refractivity contribution in [2.45, 2.75) is 0 Å². The maximum absolute atomic E-state index is 13.0. The van der Waals surface area contributed by atoms with Crippen molar-refractivity contribution in [2.75, 3.05) is 7.11 Å². The van der Waals surface area contributed by atoms with Gasteiger partial charge in [-0.2, -0.15) is 0 Å². The minimum atomic E-state index is -3.79. The molecule has 2 nitrogen and oxygen atoms in total. The monoisotopic (exact) mass is 438 g/mol. The first kappa shape index (κ1) is 23.5. The molecule has 0 amide bonds. The molecule has 0 aromatic carbocycles. The molecule has 0 heterocycles. The second-order valence-corrected chi connectivity index (χ2v) is 6.04. The highest BCUT2D eigenvalue weighted by Gasteiger charge is 2.13. The van der Waals surface area contributed by atoms with Gasteiger partial charge >= 0.3 is 6.80 Å². The van der Waals surface area contributed by atoms with Crippen LogP contribution in [0.15, 0.2) is 0 Å². The summed E-state index contributed by atoms with van der Waals surface area (Å²) in [5.74, 6) is 47.8. The van der Waals surface area contributed by atoms with Crippen LogP contribution >= 0.6 is 6.80 Å². The fourth-order valence-electron chi connectivity index (χ4n) is 0.707. The van der Waals surface area contributed by atoms with Crippen molar-refractivity contribution in [3.8, 4) is 131 Å². The van der Waals surface area contributed by atoms with Gasteiger partial charge in [0, 0.05) is 121 Å². The molecule has 0 N–H and O–H groups in total. The van der Waals surface area contributed by atoms with Crippen LogP contribution in [0, 0.1) is 131 Å². The van der Waals surface area contributed by atoms with Gasteiger partial charge in [-0.15, -0.1) is 10.6 Å². The van der Waals surface area contributed by atoms with Gasteiger partial charge in [0.25, 0.3) is 0 Å². The van der Waals surface area contributed by atoms with Crippen molar-refractivity contribution in [1.82, 2.24) is 0 Å². The second-order valence-electron chi connectivity index (χ2n) is 3.33. The SMILES string of the molecule is C#CC#CC#CC#CC#CC#CC#CC#CC#CC#CC#COP(F)(=S)OC.[HH].[HH].[HH].[HH].[HH].[HH].[HH].[HH].[HH].[HH].[HH].[HH].[HH].[HH].[HH].[HH].[HH].[HH].[HH].[HH].[HH].[HH]. The van der Waals surface area contributed by atoms with Crippen LogP contribution < -0.4 is 0 Å². The Hall–Kier alpha value is -4.50. The van der Waals surface area contributed by atoms with Gasteiger partial charge < -0.3 is 4.52 Å². The number of hydrogen-bond acceptors (Lipinski definition) is 3. The van der Waals surface area contributed by atoms with E-state index in [1.54, 1.807) is 0 Å². The van der Waals surface area contributed by atoms with Crippen molar-refractivity contribution < 1.29 is 44.6 Å². The maximum atomic E-state index is 13.0. The van der Waals surface area contributed by atoms with E-state index in [0.717, 1.165) is 7.11 Å². The maximum Gasteiger partial charge on any atom is 0.427 e. The smallest absolute Gasteiger partial charge is 0.366 e. The fraction of sp³-hybridized carbons (Fsp3) is 0.0435. The second kappa shape index (κ2) is 17.3. The highest BCUT2D eigenvalue weighted by atomic mass is 32.5. The summed E-state index contributed by atoms with van der Waals surface area (Å²) in [5.41, 5.74) is 0. The molecule has 0 spiro atoms. The molecule has 0 fully saturated rings. The first-order chi connectivity index (χ1) is 13.6. The Morgan fingerprint density at radius 1 is 0.643 bits per heavy atom. The lowest BCUT2D eigenvalue weighted by atomic mass is 10.4. The van der Waals surface area contributed by atoms with Crippen molar-refractivity contribution in [2.24, 2.45) is 0 Å². The zero-order valence-corrected chi connectivity index (χ0v) is 15.8. The Balaban J connectivity index is -0.0000000158. The molecule has 0 saturated heterocycles. The quantitative estimate of drug-likeness (QED) is 0.346. The summed E-state index contributed by atoms with van der Waals surface area (Å²) < 4.78 is 21.6. The molecule has 0 aliphatic heterocycles. The van der Waals surface area contributed by atoms with Crippen LogP contribution in [0.1, 0.15) is 31.4 Å². The molecule has 170 valence electrons. The molecular weight excluding hydrogens is 390 g/mol. The first-order valence-corrected chi connectivity index (χ1v) is 9.15. The molecule has 0 saturated carbocycles. The van der Waals surface area contributed by atoms with E-state index in [-0.39, 0.29) is 31.4 Å². The molecule has 0 aliphatic carbocycles. The predicted molar refractivity (Wildman–Crippen MR) is 157 cm³/mol. The lowest BCUT2D eigenvalue weighted by Gasteiger charge is -2.03. The van der Waals surface area contributed by atoms with E-state index < -0.39 is 6.80 Å². The average molecular weight is 439 g/mol. The van der Waals surface area contributed by atoms with E-state index in [1.165, 1.54) is 0 Å². The fourth-order valence-corrected chi connectivity index (χ4v) is 1.05. The zero-order chi connectivity index (χ0) is 20.8. The minimum Gasteiger partial charge on any atom is -0.366 e. The number of terminal acetylenes is 1. The molecule has 0 aliphatic rings. The van der Waals surface area contributed by atoms with Gasteiger partial charge in [-0.25, -0.2) is 0 Å². The van der Waals surface area contributed by atoms with Crippen molar-refractivity contribution in [3.05, 3.63) is 0 Å². The predicted octanol–water partition coefficient (Wildman–Crippen LogP) is 6.88. The highest BCUT2D eigenvalue weighted by Crippen LogP contribution is 2.48. The summed E-state index contributed by atoms with van der Waals surface area (Å²) in [6.45, 7) is -3.79. The minimum absolute atomic E-state index is 0. The Morgan fingerprint density at radius 2 is 0.929 bits per heavy atom. The van der Waals surface area contributed by atoms with Crippen LogP contribution in [0.25, 0.3) is 0 Å². The average Bonchev–Trinajstić information content (AvgIpc) is 2.69. The molecule has 1 atom stereocenters. The Morgan fingerprint density at radius 3 is 1.21 bits per heavy atom. The molecule has 0 aromatic heterocycles. The van der Waals surface area contributed by atoms with Crippen molar-refractivity contribution >= 4 is 18.6 Å². The Labute approximate surface area is 202 Å². The molecule has 0 rings (SSSR count). The Kier molecular flexibility index (Phi) is 14.5. The third kappa shape index (κ3) is 17.8.